The minimum atomic E-state index is -4.54. The second kappa shape index (κ2) is 8.52. The molecular formula is C19H23F3N6O3. The van der Waals surface area contributed by atoms with Gasteiger partial charge < -0.3 is 10.1 Å². The number of halogens is 3. The molecule has 31 heavy (non-hydrogen) atoms. The number of nitrogens with zero attached hydrogens (tertiary/aromatic N) is 5. The van der Waals surface area contributed by atoms with Gasteiger partial charge in [0.05, 0.1) is 11.3 Å². The summed E-state index contributed by atoms with van der Waals surface area (Å²) in [5.41, 5.74) is -1.09. The van der Waals surface area contributed by atoms with Crippen LogP contribution in [0.1, 0.15) is 44.7 Å². The van der Waals surface area contributed by atoms with E-state index in [2.05, 4.69) is 20.8 Å². The number of benzene rings is 1. The van der Waals surface area contributed by atoms with Gasteiger partial charge in [0.1, 0.15) is 18.0 Å². The van der Waals surface area contributed by atoms with Crippen LogP contribution in [0.25, 0.3) is 5.69 Å². The molecule has 1 aromatic heterocycles. The zero-order valence-corrected chi connectivity index (χ0v) is 17.3. The van der Waals surface area contributed by atoms with E-state index in [0.29, 0.717) is 25.1 Å². The molecule has 0 saturated carbocycles. The van der Waals surface area contributed by atoms with E-state index in [1.54, 1.807) is 20.8 Å². The van der Waals surface area contributed by atoms with Crippen molar-refractivity contribution in [2.24, 2.45) is 0 Å². The molecule has 3 rings (SSSR count). The number of hydrogen-bond acceptors (Lipinski definition) is 6. The highest BCUT2D eigenvalue weighted by atomic mass is 19.4. The lowest BCUT2D eigenvalue weighted by molar-refractivity contribution is -0.137. The van der Waals surface area contributed by atoms with E-state index in [1.807, 2.05) is 0 Å². The number of tetrazole rings is 1. The minimum Gasteiger partial charge on any atom is -0.444 e. The van der Waals surface area contributed by atoms with Gasteiger partial charge in [-0.2, -0.15) is 13.2 Å². The third-order valence-corrected chi connectivity index (χ3v) is 4.64. The molecular weight excluding hydrogens is 417 g/mol. The van der Waals surface area contributed by atoms with Crippen LogP contribution in [-0.2, 0) is 22.3 Å². The molecule has 1 aliphatic rings. The van der Waals surface area contributed by atoms with Crippen LogP contribution in [-0.4, -0.2) is 55.3 Å². The number of amides is 2. The lowest BCUT2D eigenvalue weighted by atomic mass is 10.1. The smallest absolute Gasteiger partial charge is 0.416 e. The van der Waals surface area contributed by atoms with Crippen molar-refractivity contribution in [2.45, 2.75) is 58.0 Å². The molecule has 0 unspecified atom stereocenters. The summed E-state index contributed by atoms with van der Waals surface area (Å²) in [6.07, 6.45) is -2.84. The van der Waals surface area contributed by atoms with Crippen molar-refractivity contribution >= 4 is 12.0 Å². The summed E-state index contributed by atoms with van der Waals surface area (Å²) in [4.78, 5) is 26.5. The maximum Gasteiger partial charge on any atom is 0.416 e. The fraction of sp³-hybridized carbons (Fsp3) is 0.526. The molecule has 0 bridgehead atoms. The summed E-state index contributed by atoms with van der Waals surface area (Å²) in [5.74, 6) is -0.469. The molecule has 1 fully saturated rings. The molecule has 1 aliphatic heterocycles. The first kappa shape index (κ1) is 22.5. The first-order chi connectivity index (χ1) is 14.5. The first-order valence-electron chi connectivity index (χ1n) is 9.66. The van der Waals surface area contributed by atoms with Gasteiger partial charge in [0.2, 0.25) is 5.91 Å². The third kappa shape index (κ3) is 5.50. The molecule has 168 valence electrons. The summed E-state index contributed by atoms with van der Waals surface area (Å²) in [7, 11) is 0. The molecule has 2 aromatic rings. The number of rotatable bonds is 4. The molecule has 0 spiro atoms. The topological polar surface area (TPSA) is 102 Å². The van der Waals surface area contributed by atoms with E-state index in [-0.39, 0.29) is 12.1 Å². The largest absolute Gasteiger partial charge is 0.444 e. The van der Waals surface area contributed by atoms with Crippen molar-refractivity contribution < 1.29 is 27.5 Å². The van der Waals surface area contributed by atoms with Gasteiger partial charge in [0.15, 0.2) is 0 Å². The molecule has 9 nitrogen and oxygen atoms in total. The van der Waals surface area contributed by atoms with Crippen LogP contribution in [0.4, 0.5) is 18.0 Å². The van der Waals surface area contributed by atoms with Crippen LogP contribution in [0.2, 0.25) is 0 Å². The Morgan fingerprint density at radius 2 is 2.00 bits per heavy atom. The molecule has 2 heterocycles. The highest BCUT2D eigenvalue weighted by Crippen LogP contribution is 2.31. The number of carbonyl (C=O) groups is 2. The average molecular weight is 440 g/mol. The SMILES string of the molecule is CC(C)(C)OC(=O)N1CCC[C@H]1C(=O)NCc1cc(C(F)(F)F)ccc1-n1cnnn1. The van der Waals surface area contributed by atoms with E-state index < -0.39 is 35.4 Å². The van der Waals surface area contributed by atoms with Crippen LogP contribution >= 0.6 is 0 Å². The van der Waals surface area contributed by atoms with Gasteiger partial charge in [-0.25, -0.2) is 9.48 Å². The van der Waals surface area contributed by atoms with Gasteiger partial charge in [-0.15, -0.1) is 5.10 Å². The van der Waals surface area contributed by atoms with Crippen molar-refractivity contribution in [1.82, 2.24) is 30.4 Å². The van der Waals surface area contributed by atoms with Crippen LogP contribution < -0.4 is 5.32 Å². The Hall–Kier alpha value is -3.18. The maximum absolute atomic E-state index is 13.2. The summed E-state index contributed by atoms with van der Waals surface area (Å²) in [5, 5.41) is 13.3. The highest BCUT2D eigenvalue weighted by molar-refractivity contribution is 5.86. The van der Waals surface area contributed by atoms with Gasteiger partial charge >= 0.3 is 12.3 Å². The summed E-state index contributed by atoms with van der Waals surface area (Å²) >= 11 is 0. The second-order valence-corrected chi connectivity index (χ2v) is 8.15. The number of likely N-dealkylation sites (tertiary alicyclic amines) is 1. The number of alkyl halides is 3. The van der Waals surface area contributed by atoms with E-state index in [0.717, 1.165) is 12.1 Å². The molecule has 0 aliphatic carbocycles. The van der Waals surface area contributed by atoms with Crippen molar-refractivity contribution in [3.05, 3.63) is 35.7 Å². The molecule has 1 N–H and O–H groups in total. The lowest BCUT2D eigenvalue weighted by Crippen LogP contribution is -2.47. The van der Waals surface area contributed by atoms with Gasteiger partial charge in [-0.1, -0.05) is 0 Å². The van der Waals surface area contributed by atoms with Gasteiger partial charge in [-0.3, -0.25) is 9.69 Å². The molecule has 1 aromatic carbocycles. The maximum atomic E-state index is 13.2. The Bertz CT molecular complexity index is 940. The normalized spacial score (nSPS) is 17.0. The van der Waals surface area contributed by atoms with Crippen molar-refractivity contribution in [2.75, 3.05) is 6.54 Å². The van der Waals surface area contributed by atoms with E-state index >= 15 is 0 Å². The van der Waals surface area contributed by atoms with Crippen LogP contribution in [0.3, 0.4) is 0 Å². The number of nitrogens with one attached hydrogen (secondary N) is 1. The zero-order valence-electron chi connectivity index (χ0n) is 17.3. The monoisotopic (exact) mass is 440 g/mol. The van der Waals surface area contributed by atoms with Crippen molar-refractivity contribution in [3.63, 3.8) is 0 Å². The Balaban J connectivity index is 1.76. The quantitative estimate of drug-likeness (QED) is 0.784. The van der Waals surface area contributed by atoms with Crippen molar-refractivity contribution in [3.8, 4) is 5.69 Å². The summed E-state index contributed by atoms with van der Waals surface area (Å²) < 4.78 is 46.1. The Labute approximate surface area is 176 Å². The second-order valence-electron chi connectivity index (χ2n) is 8.15. The predicted molar refractivity (Wildman–Crippen MR) is 102 cm³/mol. The predicted octanol–water partition coefficient (Wildman–Crippen LogP) is 2.70. The fourth-order valence-corrected chi connectivity index (χ4v) is 3.28. The number of ether oxygens (including phenoxy) is 1. The minimum absolute atomic E-state index is 0.178. The molecule has 0 radical (unpaired) electrons. The molecule has 1 saturated heterocycles. The van der Waals surface area contributed by atoms with Gasteiger partial charge in [0.25, 0.3) is 0 Å². The summed E-state index contributed by atoms with van der Waals surface area (Å²) in [6.45, 7) is 5.35. The Morgan fingerprint density at radius 3 is 2.61 bits per heavy atom. The van der Waals surface area contributed by atoms with Gasteiger partial charge in [0, 0.05) is 13.1 Å². The summed E-state index contributed by atoms with van der Waals surface area (Å²) in [6, 6.07) is 2.35. The Morgan fingerprint density at radius 1 is 1.26 bits per heavy atom. The zero-order chi connectivity index (χ0) is 22.8. The molecule has 1 atom stereocenters. The van der Waals surface area contributed by atoms with Gasteiger partial charge in [-0.05, 0) is 67.8 Å². The highest BCUT2D eigenvalue weighted by Gasteiger charge is 2.37. The van der Waals surface area contributed by atoms with E-state index in [1.165, 1.54) is 22.0 Å². The lowest BCUT2D eigenvalue weighted by Gasteiger charge is -2.28. The van der Waals surface area contributed by atoms with Crippen molar-refractivity contribution in [1.29, 1.82) is 0 Å². The number of aromatic nitrogens is 4. The van der Waals surface area contributed by atoms with Crippen LogP contribution in [0.15, 0.2) is 24.5 Å². The standard InChI is InChI=1S/C19H23F3N6O3/c1-18(2,3)31-17(30)27-8-4-5-15(27)16(29)23-10-12-9-13(19(20,21)22)6-7-14(12)28-11-24-25-26-28/h6-7,9,11,15H,4-5,8,10H2,1-3H3,(H,23,29)/t15-/m0/s1. The van der Waals surface area contributed by atoms with Crippen LogP contribution in [0, 0.1) is 0 Å². The Kier molecular flexibility index (Phi) is 6.18. The third-order valence-electron chi connectivity index (χ3n) is 4.64. The molecule has 12 heteroatoms. The first-order valence-corrected chi connectivity index (χ1v) is 9.66. The van der Waals surface area contributed by atoms with E-state index in [9.17, 15) is 22.8 Å². The van der Waals surface area contributed by atoms with E-state index in [4.69, 9.17) is 4.74 Å². The number of carbonyl (C=O) groups excluding carboxylic acids is 2. The molecule has 2 amide bonds. The fourth-order valence-electron chi connectivity index (χ4n) is 3.28. The average Bonchev–Trinajstić information content (AvgIpc) is 3.35. The van der Waals surface area contributed by atoms with Crippen LogP contribution in [0.5, 0.6) is 0 Å². The number of hydrogen-bond donors (Lipinski definition) is 1.